The van der Waals surface area contributed by atoms with E-state index in [1.807, 2.05) is 0 Å². The van der Waals surface area contributed by atoms with Crippen molar-refractivity contribution in [2.45, 2.75) is 71.1 Å². The molecule has 116 valence electrons. The zero-order chi connectivity index (χ0) is 14.2. The number of hydrogen-bond donors (Lipinski definition) is 1. The predicted molar refractivity (Wildman–Crippen MR) is 79.6 cm³/mol. The fourth-order valence-corrected chi connectivity index (χ4v) is 2.26. The molecule has 0 aliphatic carbocycles. The predicted octanol–water partition coefficient (Wildman–Crippen LogP) is 3.31. The Kier molecular flexibility index (Phi) is 16.1. The van der Waals surface area contributed by atoms with Crippen LogP contribution in [0.4, 0.5) is 0 Å². The quantitative estimate of drug-likeness (QED) is 0.371. The maximum absolute atomic E-state index is 10.1. The third-order valence-corrected chi connectivity index (χ3v) is 3.52. The average Bonchev–Trinajstić information content (AvgIpc) is 2.39. The van der Waals surface area contributed by atoms with Crippen molar-refractivity contribution in [2.75, 3.05) is 19.7 Å². The van der Waals surface area contributed by atoms with Crippen LogP contribution in [0.3, 0.4) is 0 Å². The van der Waals surface area contributed by atoms with Gasteiger partial charge in [-0.2, -0.15) is 0 Å². The first-order valence-corrected chi connectivity index (χ1v) is 8.70. The van der Waals surface area contributed by atoms with Gasteiger partial charge in [-0.15, -0.1) is 0 Å². The lowest BCUT2D eigenvalue weighted by Crippen LogP contribution is -2.21. The average molecular weight is 292 g/mol. The van der Waals surface area contributed by atoms with Crippen LogP contribution in [-0.4, -0.2) is 28.5 Å². The van der Waals surface area contributed by atoms with Crippen molar-refractivity contribution < 1.29 is 12.9 Å². The number of unbranched alkanes of at least 4 members (excludes halogenated alkanes) is 9. The molecule has 0 aromatic heterocycles. The molecule has 1 atom stereocenters. The molecule has 0 fully saturated rings. The molecule has 0 aliphatic heterocycles. The molecular formula is C14H30NO3S-. The first kappa shape index (κ1) is 19.0. The molecule has 1 N–H and O–H groups in total. The summed E-state index contributed by atoms with van der Waals surface area (Å²) in [6.45, 7) is 4.03. The summed E-state index contributed by atoms with van der Waals surface area (Å²) in [5.74, 6) is 0. The maximum Gasteiger partial charge on any atom is 0.0842 e. The molecule has 0 rings (SSSR count). The van der Waals surface area contributed by atoms with Gasteiger partial charge < -0.3 is 9.87 Å². The van der Waals surface area contributed by atoms with Gasteiger partial charge in [0.1, 0.15) is 0 Å². The van der Waals surface area contributed by atoms with Gasteiger partial charge in [0.15, 0.2) is 0 Å². The van der Waals surface area contributed by atoms with Crippen LogP contribution in [0.1, 0.15) is 71.1 Å². The summed E-state index contributed by atoms with van der Waals surface area (Å²) in [4.78, 5) is 0. The van der Waals surface area contributed by atoms with Gasteiger partial charge in [0.05, 0.1) is 18.0 Å². The Morgan fingerprint density at radius 2 is 1.42 bits per heavy atom. The van der Waals surface area contributed by atoms with Crippen LogP contribution in [0.15, 0.2) is 0 Å². The summed E-state index contributed by atoms with van der Waals surface area (Å²) in [7, 11) is 0. The highest BCUT2D eigenvalue weighted by Gasteiger charge is 1.93. The topological polar surface area (TPSA) is 61.4 Å². The molecule has 0 saturated carbocycles. The van der Waals surface area contributed by atoms with E-state index in [1.165, 1.54) is 57.8 Å². The van der Waals surface area contributed by atoms with Gasteiger partial charge in [-0.05, 0) is 13.0 Å². The van der Waals surface area contributed by atoms with Crippen LogP contribution in [0.25, 0.3) is 0 Å². The van der Waals surface area contributed by atoms with Gasteiger partial charge >= 0.3 is 0 Å². The number of nitrogens with one attached hydrogen (secondary N) is 1. The number of rotatable bonds is 15. The minimum absolute atomic E-state index is 0.230. The molecule has 0 aromatic rings. The van der Waals surface area contributed by atoms with Crippen LogP contribution in [0.5, 0.6) is 0 Å². The van der Waals surface area contributed by atoms with Crippen molar-refractivity contribution in [3.8, 4) is 0 Å². The zero-order valence-corrected chi connectivity index (χ0v) is 13.1. The fourth-order valence-electron chi connectivity index (χ4n) is 2.04. The second-order valence-electron chi connectivity index (χ2n) is 4.96. The van der Waals surface area contributed by atoms with Crippen molar-refractivity contribution in [3.63, 3.8) is 0 Å². The van der Waals surface area contributed by atoms with Gasteiger partial charge in [-0.25, -0.2) is 4.21 Å². The van der Waals surface area contributed by atoms with Gasteiger partial charge in [-0.3, -0.25) is 4.18 Å². The molecule has 19 heavy (non-hydrogen) atoms. The van der Waals surface area contributed by atoms with Crippen molar-refractivity contribution in [1.82, 2.24) is 5.32 Å². The highest BCUT2D eigenvalue weighted by Crippen LogP contribution is 2.10. The van der Waals surface area contributed by atoms with Crippen LogP contribution in [0, 0.1) is 0 Å². The second-order valence-corrected chi connectivity index (χ2v) is 5.60. The first-order chi connectivity index (χ1) is 9.27. The third-order valence-electron chi connectivity index (χ3n) is 3.17. The highest BCUT2D eigenvalue weighted by atomic mass is 32.2. The lowest BCUT2D eigenvalue weighted by Gasteiger charge is -2.07. The van der Waals surface area contributed by atoms with Crippen molar-refractivity contribution in [1.29, 1.82) is 0 Å². The molecular weight excluding hydrogens is 262 g/mol. The SMILES string of the molecule is CCCCCCCCCCCCNCCOS(=O)[O-]. The lowest BCUT2D eigenvalue weighted by molar-refractivity contribution is 0.298. The van der Waals surface area contributed by atoms with Gasteiger partial charge in [0.25, 0.3) is 0 Å². The van der Waals surface area contributed by atoms with Crippen LogP contribution >= 0.6 is 0 Å². The van der Waals surface area contributed by atoms with E-state index in [4.69, 9.17) is 0 Å². The molecule has 0 heterocycles. The summed E-state index contributed by atoms with van der Waals surface area (Å²) >= 11 is -2.37. The summed E-state index contributed by atoms with van der Waals surface area (Å²) in [5.41, 5.74) is 0. The molecule has 0 bridgehead atoms. The molecule has 0 amide bonds. The van der Waals surface area contributed by atoms with Gasteiger partial charge in [0, 0.05) is 6.54 Å². The van der Waals surface area contributed by atoms with E-state index in [2.05, 4.69) is 16.4 Å². The van der Waals surface area contributed by atoms with Crippen molar-refractivity contribution >= 4 is 11.4 Å². The Morgan fingerprint density at radius 3 is 1.95 bits per heavy atom. The molecule has 0 radical (unpaired) electrons. The van der Waals surface area contributed by atoms with E-state index in [-0.39, 0.29) is 6.61 Å². The van der Waals surface area contributed by atoms with E-state index in [0.29, 0.717) is 6.54 Å². The molecule has 0 aromatic carbocycles. The lowest BCUT2D eigenvalue weighted by atomic mass is 10.1. The first-order valence-electron chi connectivity index (χ1n) is 7.70. The molecule has 4 nitrogen and oxygen atoms in total. The van der Waals surface area contributed by atoms with Crippen molar-refractivity contribution in [2.24, 2.45) is 0 Å². The standard InChI is InChI=1S/C14H31NO3S/c1-2-3-4-5-6-7-8-9-10-11-12-15-13-14-18-19(16)17/h15H,2-14H2,1H3,(H,16,17)/p-1. The second kappa shape index (κ2) is 16.1. The van der Waals surface area contributed by atoms with E-state index in [9.17, 15) is 8.76 Å². The van der Waals surface area contributed by atoms with Gasteiger partial charge in [-0.1, -0.05) is 64.7 Å². The molecule has 1 unspecified atom stereocenters. The summed E-state index contributed by atoms with van der Waals surface area (Å²) < 4.78 is 24.5. The fraction of sp³-hybridized carbons (Fsp3) is 1.00. The molecule has 0 saturated heterocycles. The minimum atomic E-state index is -2.37. The summed E-state index contributed by atoms with van der Waals surface area (Å²) in [6.07, 6.45) is 13.4. The smallest absolute Gasteiger partial charge is 0.0842 e. The summed E-state index contributed by atoms with van der Waals surface area (Å²) in [6, 6.07) is 0. The number of hydrogen-bond acceptors (Lipinski definition) is 4. The molecule has 5 heteroatoms. The molecule has 0 aliphatic rings. The van der Waals surface area contributed by atoms with Crippen LogP contribution < -0.4 is 5.32 Å². The largest absolute Gasteiger partial charge is 0.750 e. The minimum Gasteiger partial charge on any atom is -0.750 e. The van der Waals surface area contributed by atoms with E-state index in [0.717, 1.165) is 13.0 Å². The maximum atomic E-state index is 10.1. The zero-order valence-electron chi connectivity index (χ0n) is 12.3. The third kappa shape index (κ3) is 18.0. The van der Waals surface area contributed by atoms with E-state index >= 15 is 0 Å². The Morgan fingerprint density at radius 1 is 0.895 bits per heavy atom. The Hall–Kier alpha value is 0.0300. The Bertz CT molecular complexity index is 203. The van der Waals surface area contributed by atoms with Crippen LogP contribution in [0.2, 0.25) is 0 Å². The van der Waals surface area contributed by atoms with E-state index in [1.54, 1.807) is 0 Å². The highest BCUT2D eigenvalue weighted by molar-refractivity contribution is 7.74. The van der Waals surface area contributed by atoms with Crippen molar-refractivity contribution in [3.05, 3.63) is 0 Å². The van der Waals surface area contributed by atoms with Gasteiger partial charge in [0.2, 0.25) is 0 Å². The molecule has 0 spiro atoms. The van der Waals surface area contributed by atoms with E-state index < -0.39 is 11.4 Å². The normalized spacial score (nSPS) is 12.7. The van der Waals surface area contributed by atoms with Crippen LogP contribution in [-0.2, 0) is 15.5 Å². The monoisotopic (exact) mass is 292 g/mol. The Balaban J connectivity index is 2.93. The Labute approximate surface area is 121 Å². The summed E-state index contributed by atoms with van der Waals surface area (Å²) in [5, 5.41) is 3.17.